The molecule has 0 aliphatic heterocycles. The van der Waals surface area contributed by atoms with Gasteiger partial charge < -0.3 is 10.3 Å². The van der Waals surface area contributed by atoms with Crippen molar-refractivity contribution in [3.63, 3.8) is 0 Å². The van der Waals surface area contributed by atoms with Gasteiger partial charge in [0.25, 0.3) is 5.89 Å². The summed E-state index contributed by atoms with van der Waals surface area (Å²) in [5, 5.41) is 4.05. The van der Waals surface area contributed by atoms with Crippen molar-refractivity contribution in [2.45, 2.75) is 0 Å². The van der Waals surface area contributed by atoms with Gasteiger partial charge in [-0.25, -0.2) is 8.78 Å². The Hall–Kier alpha value is -2.54. The lowest BCUT2D eigenvalue weighted by molar-refractivity contribution is 0.431. The molecule has 0 amide bonds. The largest absolute Gasteiger partial charge is 0.398 e. The molecule has 3 aromatic rings. The van der Waals surface area contributed by atoms with E-state index in [0.717, 1.165) is 12.1 Å². The van der Waals surface area contributed by atoms with E-state index in [0.29, 0.717) is 10.7 Å². The second-order valence-corrected chi connectivity index (χ2v) is 4.52. The molecule has 21 heavy (non-hydrogen) atoms. The van der Waals surface area contributed by atoms with E-state index in [9.17, 15) is 8.78 Å². The van der Waals surface area contributed by atoms with Gasteiger partial charge in [-0.1, -0.05) is 16.8 Å². The summed E-state index contributed by atoms with van der Waals surface area (Å²) in [7, 11) is 0. The Bertz CT molecular complexity index is 822. The van der Waals surface area contributed by atoms with Gasteiger partial charge in [0.2, 0.25) is 5.82 Å². The number of pyridine rings is 1. The van der Waals surface area contributed by atoms with Gasteiger partial charge in [0.1, 0.15) is 5.69 Å². The van der Waals surface area contributed by atoms with Crippen LogP contribution in [-0.2, 0) is 0 Å². The van der Waals surface area contributed by atoms with E-state index in [4.69, 9.17) is 21.9 Å². The standard InChI is InChI=1S/C13H7ClF2N4O/c14-7-2-1-3-18-11(7)12-19-13(21-20-12)6-4-8(15)9(16)5-10(6)17/h1-5H,17H2. The minimum absolute atomic E-state index is 0.0174. The molecule has 2 N–H and O–H groups in total. The zero-order valence-electron chi connectivity index (χ0n) is 10.3. The van der Waals surface area contributed by atoms with Gasteiger partial charge in [0, 0.05) is 18.0 Å². The first-order valence-corrected chi connectivity index (χ1v) is 6.13. The Balaban J connectivity index is 2.07. The fourth-order valence-electron chi connectivity index (χ4n) is 1.73. The first kappa shape index (κ1) is 13.4. The minimum atomic E-state index is -1.06. The van der Waals surface area contributed by atoms with E-state index < -0.39 is 11.6 Å². The number of benzene rings is 1. The van der Waals surface area contributed by atoms with Gasteiger partial charge in [-0.2, -0.15) is 4.98 Å². The molecule has 8 heteroatoms. The van der Waals surface area contributed by atoms with Crippen LogP contribution in [0.25, 0.3) is 23.0 Å². The molecule has 2 aromatic heterocycles. The number of hydrogen-bond acceptors (Lipinski definition) is 5. The van der Waals surface area contributed by atoms with E-state index >= 15 is 0 Å². The zero-order chi connectivity index (χ0) is 15.0. The topological polar surface area (TPSA) is 77.8 Å². The number of rotatable bonds is 2. The fourth-order valence-corrected chi connectivity index (χ4v) is 1.93. The van der Waals surface area contributed by atoms with Gasteiger partial charge in [-0.05, 0) is 18.2 Å². The van der Waals surface area contributed by atoms with Crippen molar-refractivity contribution in [2.24, 2.45) is 0 Å². The monoisotopic (exact) mass is 308 g/mol. The highest BCUT2D eigenvalue weighted by atomic mass is 35.5. The minimum Gasteiger partial charge on any atom is -0.398 e. The highest BCUT2D eigenvalue weighted by molar-refractivity contribution is 6.32. The van der Waals surface area contributed by atoms with Crippen LogP contribution in [0.4, 0.5) is 14.5 Å². The van der Waals surface area contributed by atoms with Crippen LogP contribution in [0, 0.1) is 11.6 Å². The van der Waals surface area contributed by atoms with Crippen molar-refractivity contribution < 1.29 is 13.3 Å². The summed E-state index contributed by atoms with van der Waals surface area (Å²) in [6, 6.07) is 5.01. The van der Waals surface area contributed by atoms with Gasteiger partial charge in [0.05, 0.1) is 10.6 Å². The molecule has 0 saturated heterocycles. The molecule has 0 radical (unpaired) electrons. The van der Waals surface area contributed by atoms with Crippen LogP contribution in [0.5, 0.6) is 0 Å². The van der Waals surface area contributed by atoms with Crippen LogP contribution in [-0.4, -0.2) is 15.1 Å². The second-order valence-electron chi connectivity index (χ2n) is 4.11. The van der Waals surface area contributed by atoms with Crippen molar-refractivity contribution in [2.75, 3.05) is 5.73 Å². The lowest BCUT2D eigenvalue weighted by Crippen LogP contribution is -1.95. The molecule has 0 fully saturated rings. The summed E-state index contributed by atoms with van der Waals surface area (Å²) in [5.41, 5.74) is 6.02. The van der Waals surface area contributed by atoms with Gasteiger partial charge in [-0.3, -0.25) is 4.98 Å². The number of halogens is 3. The summed E-state index contributed by atoms with van der Waals surface area (Å²) in [6.07, 6.45) is 1.52. The number of aromatic nitrogens is 3. The van der Waals surface area contributed by atoms with Crippen molar-refractivity contribution in [1.82, 2.24) is 15.1 Å². The van der Waals surface area contributed by atoms with Crippen molar-refractivity contribution in [3.05, 3.63) is 47.1 Å². The highest BCUT2D eigenvalue weighted by Crippen LogP contribution is 2.29. The summed E-state index contributed by atoms with van der Waals surface area (Å²) in [6.45, 7) is 0. The van der Waals surface area contributed by atoms with E-state index in [1.165, 1.54) is 6.20 Å². The molecule has 3 rings (SSSR count). The van der Waals surface area contributed by atoms with Crippen LogP contribution in [0.15, 0.2) is 35.0 Å². The maximum absolute atomic E-state index is 13.3. The van der Waals surface area contributed by atoms with Crippen LogP contribution < -0.4 is 5.73 Å². The number of nitrogen functional groups attached to an aromatic ring is 1. The predicted molar refractivity (Wildman–Crippen MR) is 72.3 cm³/mol. The van der Waals surface area contributed by atoms with E-state index in [1.807, 2.05) is 0 Å². The molecule has 106 valence electrons. The second kappa shape index (κ2) is 5.10. The number of anilines is 1. The normalized spacial score (nSPS) is 10.8. The van der Waals surface area contributed by atoms with Gasteiger partial charge >= 0.3 is 0 Å². The third kappa shape index (κ3) is 2.43. The van der Waals surface area contributed by atoms with Crippen LogP contribution in [0.2, 0.25) is 5.02 Å². The SMILES string of the molecule is Nc1cc(F)c(F)cc1-c1nc(-c2ncccc2Cl)no1. The van der Waals surface area contributed by atoms with E-state index in [2.05, 4.69) is 15.1 Å². The first-order chi connectivity index (χ1) is 10.1. The molecule has 5 nitrogen and oxygen atoms in total. The smallest absolute Gasteiger partial charge is 0.260 e. The third-order valence-corrected chi connectivity index (χ3v) is 3.02. The van der Waals surface area contributed by atoms with Crippen molar-refractivity contribution in [3.8, 4) is 23.0 Å². The molecule has 0 atom stereocenters. The Morgan fingerprint density at radius 3 is 2.71 bits per heavy atom. The average Bonchev–Trinajstić information content (AvgIpc) is 2.92. The fraction of sp³-hybridized carbons (Fsp3) is 0. The van der Waals surface area contributed by atoms with Crippen molar-refractivity contribution in [1.29, 1.82) is 0 Å². The molecule has 0 spiro atoms. The molecule has 0 aliphatic carbocycles. The van der Waals surface area contributed by atoms with E-state index in [-0.39, 0.29) is 23.0 Å². The predicted octanol–water partition coefficient (Wildman–Crippen LogP) is 3.31. The third-order valence-electron chi connectivity index (χ3n) is 2.72. The molecule has 1 aromatic carbocycles. The lowest BCUT2D eigenvalue weighted by Gasteiger charge is -2.01. The quantitative estimate of drug-likeness (QED) is 0.735. The van der Waals surface area contributed by atoms with Crippen LogP contribution in [0.1, 0.15) is 0 Å². The molecule has 0 aliphatic rings. The number of hydrogen-bond donors (Lipinski definition) is 1. The lowest BCUT2D eigenvalue weighted by atomic mass is 10.1. The molecule has 0 saturated carbocycles. The Kier molecular flexibility index (Phi) is 3.26. The van der Waals surface area contributed by atoms with Gasteiger partial charge in [0.15, 0.2) is 11.6 Å². The summed E-state index contributed by atoms with van der Waals surface area (Å²) in [4.78, 5) is 8.08. The Morgan fingerprint density at radius 1 is 1.19 bits per heavy atom. The first-order valence-electron chi connectivity index (χ1n) is 5.75. The Morgan fingerprint density at radius 2 is 1.95 bits per heavy atom. The summed E-state index contributed by atoms with van der Waals surface area (Å²) < 4.78 is 31.3. The van der Waals surface area contributed by atoms with E-state index in [1.54, 1.807) is 12.1 Å². The molecular formula is C13H7ClF2N4O. The van der Waals surface area contributed by atoms with Gasteiger partial charge in [-0.15, -0.1) is 0 Å². The molecule has 0 unspecified atom stereocenters. The summed E-state index contributed by atoms with van der Waals surface area (Å²) >= 11 is 5.97. The zero-order valence-corrected chi connectivity index (χ0v) is 11.1. The number of nitrogens with two attached hydrogens (primary N) is 1. The average molecular weight is 309 g/mol. The molecular weight excluding hydrogens is 302 g/mol. The maximum atomic E-state index is 13.3. The van der Waals surface area contributed by atoms with Crippen LogP contribution in [0.3, 0.4) is 0 Å². The number of nitrogens with zero attached hydrogens (tertiary/aromatic N) is 3. The van der Waals surface area contributed by atoms with Crippen molar-refractivity contribution >= 4 is 17.3 Å². The highest BCUT2D eigenvalue weighted by Gasteiger charge is 2.18. The Labute approximate surface area is 122 Å². The molecule has 2 heterocycles. The van der Waals surface area contributed by atoms with Crippen LogP contribution >= 0.6 is 11.6 Å². The molecule has 0 bridgehead atoms. The maximum Gasteiger partial charge on any atom is 0.260 e. The summed E-state index contributed by atoms with van der Waals surface area (Å²) in [5.74, 6) is -2.04.